The summed E-state index contributed by atoms with van der Waals surface area (Å²) in [5.41, 5.74) is 3.94. The molecular weight excluding hydrogens is 346 g/mol. The summed E-state index contributed by atoms with van der Waals surface area (Å²) in [5, 5.41) is 6.50. The summed E-state index contributed by atoms with van der Waals surface area (Å²) in [6.07, 6.45) is 5.81. The lowest BCUT2D eigenvalue weighted by Gasteiger charge is -2.38. The largest absolute Gasteiger partial charge is 0.491 e. The standard InChI is InChI=1S/C25H25NO2/c1-27-14-15-28-18-12-13-24-23(16-18)20-9-5-11-22(20)25(26-24)21-10-4-7-17-6-2-3-8-19(17)21/h2-10,12-13,16,20,22,25-26H,11,14-15H2,1H3. The fraction of sp³-hybridized carbons (Fsp3) is 0.280. The van der Waals surface area contributed by atoms with Crippen molar-refractivity contribution in [2.45, 2.75) is 18.4 Å². The van der Waals surface area contributed by atoms with Gasteiger partial charge in [-0.05, 0) is 52.4 Å². The van der Waals surface area contributed by atoms with E-state index in [9.17, 15) is 0 Å². The zero-order valence-corrected chi connectivity index (χ0v) is 16.1. The van der Waals surface area contributed by atoms with Crippen LogP contribution in [-0.4, -0.2) is 20.3 Å². The molecule has 0 fully saturated rings. The van der Waals surface area contributed by atoms with E-state index in [1.807, 2.05) is 0 Å². The summed E-state index contributed by atoms with van der Waals surface area (Å²) in [7, 11) is 1.70. The Kier molecular flexibility index (Phi) is 4.53. The van der Waals surface area contributed by atoms with Gasteiger partial charge < -0.3 is 14.8 Å². The zero-order valence-electron chi connectivity index (χ0n) is 16.1. The Morgan fingerprint density at radius 2 is 1.86 bits per heavy atom. The monoisotopic (exact) mass is 371 g/mol. The number of allylic oxidation sites excluding steroid dienone is 2. The number of hydrogen-bond donors (Lipinski definition) is 1. The van der Waals surface area contributed by atoms with Crippen LogP contribution in [0.2, 0.25) is 0 Å². The van der Waals surface area contributed by atoms with Crippen LogP contribution in [0.3, 0.4) is 0 Å². The molecule has 3 aromatic carbocycles. The molecule has 3 heteroatoms. The lowest BCUT2D eigenvalue weighted by molar-refractivity contribution is 0.146. The van der Waals surface area contributed by atoms with E-state index in [4.69, 9.17) is 9.47 Å². The minimum Gasteiger partial charge on any atom is -0.491 e. The van der Waals surface area contributed by atoms with Gasteiger partial charge in [0, 0.05) is 18.7 Å². The van der Waals surface area contributed by atoms with E-state index in [-0.39, 0.29) is 0 Å². The molecule has 1 aliphatic carbocycles. The third-order valence-corrected chi connectivity index (χ3v) is 6.05. The maximum Gasteiger partial charge on any atom is 0.119 e. The molecule has 0 aromatic heterocycles. The van der Waals surface area contributed by atoms with Crippen molar-refractivity contribution in [1.82, 2.24) is 0 Å². The van der Waals surface area contributed by atoms with E-state index < -0.39 is 0 Å². The summed E-state index contributed by atoms with van der Waals surface area (Å²) in [6, 6.07) is 22.1. The van der Waals surface area contributed by atoms with Crippen molar-refractivity contribution in [3.8, 4) is 5.75 Å². The minimum absolute atomic E-state index is 0.304. The van der Waals surface area contributed by atoms with E-state index in [0.717, 1.165) is 12.2 Å². The molecule has 3 aromatic rings. The van der Waals surface area contributed by atoms with Gasteiger partial charge in [-0.15, -0.1) is 0 Å². The summed E-state index contributed by atoms with van der Waals surface area (Å²) in [5.74, 6) is 1.86. The second-order valence-corrected chi connectivity index (χ2v) is 7.63. The lowest BCUT2D eigenvalue weighted by atomic mass is 9.76. The number of methoxy groups -OCH3 is 1. The van der Waals surface area contributed by atoms with Gasteiger partial charge in [0.05, 0.1) is 12.6 Å². The molecule has 1 aliphatic heterocycles. The van der Waals surface area contributed by atoms with E-state index >= 15 is 0 Å². The van der Waals surface area contributed by atoms with E-state index in [1.165, 1.54) is 27.6 Å². The molecule has 0 saturated heterocycles. The second kappa shape index (κ2) is 7.33. The summed E-state index contributed by atoms with van der Waals surface area (Å²) in [6.45, 7) is 1.18. The van der Waals surface area contributed by atoms with E-state index in [1.54, 1.807) is 7.11 Å². The first kappa shape index (κ1) is 17.3. The molecule has 1 heterocycles. The topological polar surface area (TPSA) is 30.5 Å². The SMILES string of the molecule is COCCOc1ccc2c(c1)C1C=CCC1C(c1cccc3ccccc13)N2. The van der Waals surface area contributed by atoms with Crippen molar-refractivity contribution in [3.63, 3.8) is 0 Å². The summed E-state index contributed by atoms with van der Waals surface area (Å²) in [4.78, 5) is 0. The van der Waals surface area contributed by atoms with Crippen LogP contribution in [0.5, 0.6) is 5.75 Å². The van der Waals surface area contributed by atoms with Gasteiger partial charge >= 0.3 is 0 Å². The fourth-order valence-corrected chi connectivity index (χ4v) is 4.73. The molecule has 142 valence electrons. The first-order valence-electron chi connectivity index (χ1n) is 10.0. The van der Waals surface area contributed by atoms with Crippen LogP contribution in [-0.2, 0) is 4.74 Å². The highest BCUT2D eigenvalue weighted by Crippen LogP contribution is 2.51. The molecule has 0 bridgehead atoms. The Labute approximate surface area is 166 Å². The average molecular weight is 371 g/mol. The van der Waals surface area contributed by atoms with Gasteiger partial charge in [0.2, 0.25) is 0 Å². The number of benzene rings is 3. The van der Waals surface area contributed by atoms with Crippen LogP contribution in [0.15, 0.2) is 72.8 Å². The molecule has 0 radical (unpaired) electrons. The molecule has 3 nitrogen and oxygen atoms in total. The Balaban J connectivity index is 1.52. The van der Waals surface area contributed by atoms with Gasteiger partial charge in [-0.2, -0.15) is 0 Å². The third kappa shape index (κ3) is 2.96. The van der Waals surface area contributed by atoms with Gasteiger partial charge in [0.1, 0.15) is 12.4 Å². The highest BCUT2D eigenvalue weighted by atomic mass is 16.5. The van der Waals surface area contributed by atoms with Crippen molar-refractivity contribution in [1.29, 1.82) is 0 Å². The Bertz CT molecular complexity index is 1020. The maximum absolute atomic E-state index is 5.85. The van der Waals surface area contributed by atoms with Crippen LogP contribution in [0.25, 0.3) is 10.8 Å². The van der Waals surface area contributed by atoms with Crippen LogP contribution in [0.1, 0.15) is 29.5 Å². The van der Waals surface area contributed by atoms with Gasteiger partial charge in [-0.3, -0.25) is 0 Å². The van der Waals surface area contributed by atoms with Crippen LogP contribution in [0.4, 0.5) is 5.69 Å². The number of rotatable bonds is 5. The molecule has 0 saturated carbocycles. The Morgan fingerprint density at radius 3 is 2.79 bits per heavy atom. The highest BCUT2D eigenvalue weighted by molar-refractivity contribution is 5.86. The zero-order chi connectivity index (χ0) is 18.9. The average Bonchev–Trinajstić information content (AvgIpc) is 3.23. The van der Waals surface area contributed by atoms with Crippen molar-refractivity contribution in [3.05, 3.63) is 83.9 Å². The highest BCUT2D eigenvalue weighted by Gasteiger charge is 2.38. The van der Waals surface area contributed by atoms with E-state index in [2.05, 4.69) is 78.1 Å². The maximum atomic E-state index is 5.85. The number of hydrogen-bond acceptors (Lipinski definition) is 3. The van der Waals surface area contributed by atoms with Gasteiger partial charge in [0.15, 0.2) is 0 Å². The van der Waals surface area contributed by atoms with Gasteiger partial charge in [-0.1, -0.05) is 54.6 Å². The van der Waals surface area contributed by atoms with Crippen molar-refractivity contribution >= 4 is 16.5 Å². The first-order chi connectivity index (χ1) is 13.8. The van der Waals surface area contributed by atoms with Gasteiger partial charge in [-0.25, -0.2) is 0 Å². The minimum atomic E-state index is 0.304. The fourth-order valence-electron chi connectivity index (χ4n) is 4.73. The predicted molar refractivity (Wildman–Crippen MR) is 114 cm³/mol. The molecular formula is C25H25NO2. The quantitative estimate of drug-likeness (QED) is 0.461. The predicted octanol–water partition coefficient (Wildman–Crippen LogP) is 5.69. The van der Waals surface area contributed by atoms with Gasteiger partial charge in [0.25, 0.3) is 0 Å². The van der Waals surface area contributed by atoms with Crippen molar-refractivity contribution in [2.75, 3.05) is 25.6 Å². The molecule has 0 spiro atoms. The molecule has 3 atom stereocenters. The molecule has 1 N–H and O–H groups in total. The molecule has 28 heavy (non-hydrogen) atoms. The van der Waals surface area contributed by atoms with Crippen LogP contribution < -0.4 is 10.1 Å². The smallest absolute Gasteiger partial charge is 0.119 e. The molecule has 5 rings (SSSR count). The number of fused-ring (bicyclic) bond motifs is 4. The first-order valence-corrected chi connectivity index (χ1v) is 10.0. The molecule has 3 unspecified atom stereocenters. The number of nitrogens with one attached hydrogen (secondary N) is 1. The molecule has 0 amide bonds. The van der Waals surface area contributed by atoms with Crippen molar-refractivity contribution < 1.29 is 9.47 Å². The number of ether oxygens (including phenoxy) is 2. The van der Waals surface area contributed by atoms with Crippen molar-refractivity contribution in [2.24, 2.45) is 5.92 Å². The second-order valence-electron chi connectivity index (χ2n) is 7.63. The Hall–Kier alpha value is -2.78. The summed E-state index contributed by atoms with van der Waals surface area (Å²) >= 11 is 0. The van der Waals surface area contributed by atoms with Crippen LogP contribution in [0, 0.1) is 5.92 Å². The lowest BCUT2D eigenvalue weighted by Crippen LogP contribution is -2.29. The third-order valence-electron chi connectivity index (χ3n) is 6.05. The Morgan fingerprint density at radius 1 is 0.964 bits per heavy atom. The normalized spacial score (nSPS) is 22.5. The molecule has 2 aliphatic rings. The van der Waals surface area contributed by atoms with Crippen LogP contribution >= 0.6 is 0 Å². The summed E-state index contributed by atoms with van der Waals surface area (Å²) < 4.78 is 10.9. The number of anilines is 1. The van der Waals surface area contributed by atoms with E-state index in [0.29, 0.717) is 31.1 Å².